The first-order valence-corrected chi connectivity index (χ1v) is 9.84. The number of likely N-dealkylation sites (tertiary alicyclic amines) is 1. The fourth-order valence-electron chi connectivity index (χ4n) is 3.74. The van der Waals surface area contributed by atoms with E-state index in [0.717, 1.165) is 63.9 Å². The molecule has 146 valence electrons. The van der Waals surface area contributed by atoms with Crippen LogP contribution in [0.3, 0.4) is 0 Å². The molecular weight excluding hydrogens is 429 g/mol. The molecule has 2 saturated heterocycles. The minimum absolute atomic E-state index is 0. The lowest BCUT2D eigenvalue weighted by molar-refractivity contribution is 0.0220. The van der Waals surface area contributed by atoms with E-state index in [9.17, 15) is 0 Å². The first-order valence-electron chi connectivity index (χ1n) is 9.84. The Morgan fingerprint density at radius 3 is 2.60 bits per heavy atom. The molecule has 3 rings (SSSR count). The van der Waals surface area contributed by atoms with Crippen molar-refractivity contribution in [2.45, 2.75) is 45.2 Å². The van der Waals surface area contributed by atoms with Gasteiger partial charge in [-0.15, -0.1) is 24.0 Å². The van der Waals surface area contributed by atoms with Crippen molar-refractivity contribution in [1.29, 1.82) is 0 Å². The molecule has 0 aromatic carbocycles. The Morgan fingerprint density at radius 2 is 1.92 bits per heavy atom. The van der Waals surface area contributed by atoms with Crippen LogP contribution in [-0.4, -0.2) is 86.9 Å². The maximum absolute atomic E-state index is 5.43. The van der Waals surface area contributed by atoms with Crippen LogP contribution in [0.5, 0.6) is 0 Å². The molecule has 2 atom stereocenters. The molecule has 1 saturated carbocycles. The zero-order chi connectivity index (χ0) is 16.8. The molecule has 2 unspecified atom stereocenters. The van der Waals surface area contributed by atoms with E-state index >= 15 is 0 Å². The van der Waals surface area contributed by atoms with E-state index in [1.165, 1.54) is 32.4 Å². The summed E-state index contributed by atoms with van der Waals surface area (Å²) < 4.78 is 5.43. The molecule has 0 bridgehead atoms. The molecule has 7 heteroatoms. The molecule has 0 amide bonds. The minimum Gasteiger partial charge on any atom is -0.379 e. The van der Waals surface area contributed by atoms with Crippen molar-refractivity contribution in [1.82, 2.24) is 20.4 Å². The molecule has 6 nitrogen and oxygen atoms in total. The van der Waals surface area contributed by atoms with Gasteiger partial charge in [-0.3, -0.25) is 9.89 Å². The van der Waals surface area contributed by atoms with E-state index in [4.69, 9.17) is 9.73 Å². The predicted molar refractivity (Wildman–Crippen MR) is 114 cm³/mol. The van der Waals surface area contributed by atoms with Crippen molar-refractivity contribution < 1.29 is 4.74 Å². The molecule has 3 fully saturated rings. The maximum Gasteiger partial charge on any atom is 0.191 e. The van der Waals surface area contributed by atoms with Gasteiger partial charge in [0, 0.05) is 44.8 Å². The molecule has 25 heavy (non-hydrogen) atoms. The number of morpholine rings is 1. The van der Waals surface area contributed by atoms with Crippen LogP contribution < -0.4 is 10.6 Å². The van der Waals surface area contributed by atoms with E-state index in [-0.39, 0.29) is 24.0 Å². The van der Waals surface area contributed by atoms with Crippen LogP contribution in [0.25, 0.3) is 0 Å². The van der Waals surface area contributed by atoms with Crippen molar-refractivity contribution >= 4 is 29.9 Å². The number of guanidine groups is 1. The van der Waals surface area contributed by atoms with Crippen LogP contribution in [0, 0.1) is 5.92 Å². The highest BCUT2D eigenvalue weighted by Gasteiger charge is 2.34. The summed E-state index contributed by atoms with van der Waals surface area (Å²) >= 11 is 0. The first kappa shape index (κ1) is 21.2. The third-order valence-corrected chi connectivity index (χ3v) is 5.47. The van der Waals surface area contributed by atoms with Crippen LogP contribution in [0.15, 0.2) is 4.99 Å². The summed E-state index contributed by atoms with van der Waals surface area (Å²) in [7, 11) is 0. The zero-order valence-electron chi connectivity index (χ0n) is 15.9. The quantitative estimate of drug-likeness (QED) is 0.338. The lowest BCUT2D eigenvalue weighted by Crippen LogP contribution is -2.45. The van der Waals surface area contributed by atoms with E-state index < -0.39 is 0 Å². The SMILES string of the molecule is CCNC(=NCC(C)N1CCOCC1)NCC1CCN(C2CC2)C1.I. The summed E-state index contributed by atoms with van der Waals surface area (Å²) in [6.07, 6.45) is 4.17. The highest BCUT2D eigenvalue weighted by atomic mass is 127. The Labute approximate surface area is 170 Å². The highest BCUT2D eigenvalue weighted by Crippen LogP contribution is 2.31. The van der Waals surface area contributed by atoms with Crippen molar-refractivity contribution in [2.75, 3.05) is 59.0 Å². The van der Waals surface area contributed by atoms with Crippen molar-refractivity contribution in [3.63, 3.8) is 0 Å². The molecule has 0 spiro atoms. The van der Waals surface area contributed by atoms with Gasteiger partial charge in [-0.1, -0.05) is 0 Å². The van der Waals surface area contributed by atoms with Crippen molar-refractivity contribution in [3.05, 3.63) is 0 Å². The first-order chi connectivity index (χ1) is 11.8. The topological polar surface area (TPSA) is 52.1 Å². The molecule has 0 aromatic heterocycles. The normalized spacial score (nSPS) is 27.0. The van der Waals surface area contributed by atoms with Crippen LogP contribution in [0.4, 0.5) is 0 Å². The molecule has 0 radical (unpaired) electrons. The number of aliphatic imine (C=N–C) groups is 1. The van der Waals surface area contributed by atoms with E-state index in [1.807, 2.05) is 0 Å². The molecule has 2 aliphatic heterocycles. The van der Waals surface area contributed by atoms with Crippen LogP contribution in [-0.2, 0) is 4.74 Å². The van der Waals surface area contributed by atoms with Gasteiger partial charge in [-0.2, -0.15) is 0 Å². The number of hydrogen-bond acceptors (Lipinski definition) is 4. The second kappa shape index (κ2) is 10.9. The molecule has 2 N–H and O–H groups in total. The van der Waals surface area contributed by atoms with Crippen molar-refractivity contribution in [3.8, 4) is 0 Å². The average molecular weight is 465 g/mol. The second-order valence-corrected chi connectivity index (χ2v) is 7.48. The molecule has 2 heterocycles. The second-order valence-electron chi connectivity index (χ2n) is 7.48. The summed E-state index contributed by atoms with van der Waals surface area (Å²) in [4.78, 5) is 9.97. The fraction of sp³-hybridized carbons (Fsp3) is 0.944. The largest absolute Gasteiger partial charge is 0.379 e. The number of nitrogens with zero attached hydrogens (tertiary/aromatic N) is 3. The lowest BCUT2D eigenvalue weighted by Gasteiger charge is -2.31. The monoisotopic (exact) mass is 465 g/mol. The van der Waals surface area contributed by atoms with Crippen LogP contribution >= 0.6 is 24.0 Å². The van der Waals surface area contributed by atoms with E-state index in [2.05, 4.69) is 34.3 Å². The van der Waals surface area contributed by atoms with Gasteiger partial charge in [0.25, 0.3) is 0 Å². The molecule has 0 aromatic rings. The number of hydrogen-bond donors (Lipinski definition) is 2. The maximum atomic E-state index is 5.43. The van der Waals surface area contributed by atoms with Crippen molar-refractivity contribution in [2.24, 2.45) is 10.9 Å². The van der Waals surface area contributed by atoms with Crippen LogP contribution in [0.1, 0.15) is 33.1 Å². The summed E-state index contributed by atoms with van der Waals surface area (Å²) in [5.74, 6) is 1.74. The van der Waals surface area contributed by atoms with Gasteiger partial charge in [0.05, 0.1) is 19.8 Å². The Hall–Kier alpha value is -0.120. The standard InChI is InChI=1S/C18H35N5O.HI/c1-3-19-18(20-12-15(2)22-8-10-24-11-9-22)21-13-16-6-7-23(14-16)17-4-5-17;/h15-17H,3-14H2,1-2H3,(H2,19,20,21);1H. The van der Waals surface area contributed by atoms with Gasteiger partial charge < -0.3 is 20.3 Å². The van der Waals surface area contributed by atoms with Gasteiger partial charge >= 0.3 is 0 Å². The Kier molecular flexibility index (Phi) is 9.23. The number of halogens is 1. The molecule has 3 aliphatic rings. The third-order valence-electron chi connectivity index (χ3n) is 5.47. The number of rotatable bonds is 7. The summed E-state index contributed by atoms with van der Waals surface area (Å²) in [5.41, 5.74) is 0. The highest BCUT2D eigenvalue weighted by molar-refractivity contribution is 14.0. The Morgan fingerprint density at radius 1 is 1.16 bits per heavy atom. The Balaban J connectivity index is 0.00000225. The van der Waals surface area contributed by atoms with Gasteiger partial charge in [0.15, 0.2) is 5.96 Å². The third kappa shape index (κ3) is 6.84. The van der Waals surface area contributed by atoms with E-state index in [1.54, 1.807) is 0 Å². The zero-order valence-corrected chi connectivity index (χ0v) is 18.2. The van der Waals surface area contributed by atoms with E-state index in [0.29, 0.717) is 6.04 Å². The average Bonchev–Trinajstić information content (AvgIpc) is 3.36. The number of nitrogens with one attached hydrogen (secondary N) is 2. The molecular formula is C18H36IN5O. The lowest BCUT2D eigenvalue weighted by atomic mass is 10.1. The summed E-state index contributed by atoms with van der Waals surface area (Å²) in [6.45, 7) is 13.5. The number of ether oxygens (including phenoxy) is 1. The van der Waals surface area contributed by atoms with Crippen LogP contribution in [0.2, 0.25) is 0 Å². The van der Waals surface area contributed by atoms with Gasteiger partial charge in [0.2, 0.25) is 0 Å². The predicted octanol–water partition coefficient (Wildman–Crippen LogP) is 1.36. The smallest absolute Gasteiger partial charge is 0.191 e. The fourth-order valence-corrected chi connectivity index (χ4v) is 3.74. The summed E-state index contributed by atoms with van der Waals surface area (Å²) in [6, 6.07) is 1.38. The van der Waals surface area contributed by atoms with Gasteiger partial charge in [-0.25, -0.2) is 0 Å². The van der Waals surface area contributed by atoms with Gasteiger partial charge in [0.1, 0.15) is 0 Å². The Bertz CT molecular complexity index is 412. The summed E-state index contributed by atoms with van der Waals surface area (Å²) in [5, 5.41) is 6.96. The minimum atomic E-state index is 0. The molecule has 1 aliphatic carbocycles. The van der Waals surface area contributed by atoms with Gasteiger partial charge in [-0.05, 0) is 45.6 Å².